The number of methoxy groups -OCH3 is 1. The van der Waals surface area contributed by atoms with Gasteiger partial charge >= 0.3 is 5.69 Å². The molecule has 9 nitrogen and oxygen atoms in total. The number of nitrogens with zero attached hydrogens (tertiary/aromatic N) is 5. The van der Waals surface area contributed by atoms with E-state index in [2.05, 4.69) is 15.2 Å². The van der Waals surface area contributed by atoms with Gasteiger partial charge in [0.05, 0.1) is 12.0 Å². The molecule has 0 aliphatic rings. The van der Waals surface area contributed by atoms with E-state index in [4.69, 9.17) is 9.26 Å². The molecule has 0 saturated carbocycles. The molecule has 0 saturated heterocycles. The standard InChI is InChI=1S/C14H13N5O4/c1-9(18-8-11(7-15-18)19(20)21)14-16-13(17-23-14)10-3-5-12(22-2)6-4-10/h3-9H,1-2H3. The fourth-order valence-electron chi connectivity index (χ4n) is 2.01. The van der Waals surface area contributed by atoms with Gasteiger partial charge in [-0.3, -0.25) is 14.8 Å². The van der Waals surface area contributed by atoms with Gasteiger partial charge < -0.3 is 9.26 Å². The summed E-state index contributed by atoms with van der Waals surface area (Å²) in [6.07, 6.45) is 2.50. The molecule has 9 heteroatoms. The summed E-state index contributed by atoms with van der Waals surface area (Å²) < 4.78 is 11.7. The van der Waals surface area contributed by atoms with Crippen molar-refractivity contribution < 1.29 is 14.2 Å². The van der Waals surface area contributed by atoms with Gasteiger partial charge in [0.15, 0.2) is 0 Å². The molecule has 0 aliphatic heterocycles. The predicted octanol–water partition coefficient (Wildman–Crippen LogP) is 2.46. The Labute approximate surface area is 130 Å². The van der Waals surface area contributed by atoms with E-state index in [1.54, 1.807) is 26.2 Å². The van der Waals surface area contributed by atoms with Crippen molar-refractivity contribution in [2.45, 2.75) is 13.0 Å². The lowest BCUT2D eigenvalue weighted by atomic mass is 10.2. The molecule has 0 spiro atoms. The molecule has 0 amide bonds. The second kappa shape index (κ2) is 5.87. The van der Waals surface area contributed by atoms with E-state index in [0.717, 1.165) is 11.3 Å². The Morgan fingerprint density at radius 1 is 1.35 bits per heavy atom. The highest BCUT2D eigenvalue weighted by Gasteiger charge is 2.20. The SMILES string of the molecule is COc1ccc(-c2noc(C(C)n3cc([N+](=O)[O-])cn3)n2)cc1. The van der Waals surface area contributed by atoms with Crippen LogP contribution in [0.3, 0.4) is 0 Å². The van der Waals surface area contributed by atoms with E-state index >= 15 is 0 Å². The molecule has 0 aliphatic carbocycles. The maximum atomic E-state index is 10.7. The van der Waals surface area contributed by atoms with E-state index in [1.807, 2.05) is 12.1 Å². The average Bonchev–Trinajstić information content (AvgIpc) is 3.24. The Bertz CT molecular complexity index is 824. The highest BCUT2D eigenvalue weighted by atomic mass is 16.6. The smallest absolute Gasteiger partial charge is 0.307 e. The summed E-state index contributed by atoms with van der Waals surface area (Å²) >= 11 is 0. The van der Waals surface area contributed by atoms with Crippen molar-refractivity contribution in [3.63, 3.8) is 0 Å². The molecule has 1 atom stereocenters. The summed E-state index contributed by atoms with van der Waals surface area (Å²) in [5.74, 6) is 1.47. The van der Waals surface area contributed by atoms with Crippen LogP contribution in [0, 0.1) is 10.1 Å². The third-order valence-corrected chi connectivity index (χ3v) is 3.34. The minimum absolute atomic E-state index is 0.0910. The van der Waals surface area contributed by atoms with Gasteiger partial charge in [-0.15, -0.1) is 0 Å². The minimum atomic E-state index is -0.507. The lowest BCUT2D eigenvalue weighted by Gasteiger charge is -2.05. The van der Waals surface area contributed by atoms with Gasteiger partial charge in [-0.1, -0.05) is 5.16 Å². The number of hydrogen-bond donors (Lipinski definition) is 0. The summed E-state index contributed by atoms with van der Waals surface area (Å²) in [6, 6.07) is 6.81. The van der Waals surface area contributed by atoms with E-state index < -0.39 is 11.0 Å². The van der Waals surface area contributed by atoms with Crippen LogP contribution >= 0.6 is 0 Å². The van der Waals surface area contributed by atoms with Crippen LogP contribution in [-0.4, -0.2) is 32.0 Å². The molecule has 0 fully saturated rings. The van der Waals surface area contributed by atoms with Crippen LogP contribution in [0.4, 0.5) is 5.69 Å². The molecule has 0 bridgehead atoms. The maximum absolute atomic E-state index is 10.7. The van der Waals surface area contributed by atoms with E-state index in [1.165, 1.54) is 17.1 Å². The molecular weight excluding hydrogens is 302 g/mol. The van der Waals surface area contributed by atoms with Crippen molar-refractivity contribution in [3.05, 3.63) is 52.7 Å². The lowest BCUT2D eigenvalue weighted by Crippen LogP contribution is -2.07. The fourth-order valence-corrected chi connectivity index (χ4v) is 2.01. The topological polar surface area (TPSA) is 109 Å². The van der Waals surface area contributed by atoms with Crippen LogP contribution in [0.15, 0.2) is 41.2 Å². The molecule has 3 rings (SSSR count). The number of nitro groups is 1. The van der Waals surface area contributed by atoms with Crippen molar-refractivity contribution in [1.29, 1.82) is 0 Å². The quantitative estimate of drug-likeness (QED) is 0.525. The highest BCUT2D eigenvalue weighted by Crippen LogP contribution is 2.23. The fraction of sp³-hybridized carbons (Fsp3) is 0.214. The van der Waals surface area contributed by atoms with E-state index in [9.17, 15) is 10.1 Å². The largest absolute Gasteiger partial charge is 0.497 e. The third-order valence-electron chi connectivity index (χ3n) is 3.34. The Hall–Kier alpha value is -3.23. The monoisotopic (exact) mass is 315 g/mol. The van der Waals surface area contributed by atoms with Gasteiger partial charge in [0.2, 0.25) is 5.82 Å². The summed E-state index contributed by atoms with van der Waals surface area (Å²) in [6.45, 7) is 1.77. The van der Waals surface area contributed by atoms with Gasteiger partial charge in [0, 0.05) is 5.56 Å². The van der Waals surface area contributed by atoms with Gasteiger partial charge in [0.25, 0.3) is 5.89 Å². The molecular formula is C14H13N5O4. The van der Waals surface area contributed by atoms with Crippen molar-refractivity contribution in [1.82, 2.24) is 19.9 Å². The van der Waals surface area contributed by atoms with Crippen LogP contribution in [0.1, 0.15) is 18.9 Å². The molecule has 2 heterocycles. The van der Waals surface area contributed by atoms with Crippen LogP contribution in [-0.2, 0) is 0 Å². The first-order valence-corrected chi connectivity index (χ1v) is 6.75. The van der Waals surface area contributed by atoms with Crippen molar-refractivity contribution in [2.75, 3.05) is 7.11 Å². The molecule has 2 aromatic heterocycles. The molecule has 118 valence electrons. The van der Waals surface area contributed by atoms with Crippen LogP contribution in [0.2, 0.25) is 0 Å². The molecule has 1 aromatic carbocycles. The predicted molar refractivity (Wildman–Crippen MR) is 79.0 cm³/mol. The van der Waals surface area contributed by atoms with Crippen LogP contribution < -0.4 is 4.74 Å². The normalized spacial score (nSPS) is 12.1. The first kappa shape index (κ1) is 14.7. The third kappa shape index (κ3) is 2.89. The van der Waals surface area contributed by atoms with E-state index in [0.29, 0.717) is 11.7 Å². The molecule has 0 radical (unpaired) electrons. The zero-order valence-electron chi connectivity index (χ0n) is 12.4. The Balaban J connectivity index is 1.83. The first-order chi connectivity index (χ1) is 11.1. The van der Waals surface area contributed by atoms with E-state index in [-0.39, 0.29) is 5.69 Å². The molecule has 3 aromatic rings. The van der Waals surface area contributed by atoms with Crippen LogP contribution in [0.25, 0.3) is 11.4 Å². The summed E-state index contributed by atoms with van der Waals surface area (Å²) in [4.78, 5) is 14.5. The second-order valence-corrected chi connectivity index (χ2v) is 4.80. The van der Waals surface area contributed by atoms with Crippen LogP contribution in [0.5, 0.6) is 5.75 Å². The number of benzene rings is 1. The van der Waals surface area contributed by atoms with Crippen molar-refractivity contribution in [3.8, 4) is 17.1 Å². The van der Waals surface area contributed by atoms with Gasteiger partial charge in [0.1, 0.15) is 24.2 Å². The molecule has 1 unspecified atom stereocenters. The first-order valence-electron chi connectivity index (χ1n) is 6.75. The molecule has 23 heavy (non-hydrogen) atoms. The van der Waals surface area contributed by atoms with Crippen molar-refractivity contribution in [2.24, 2.45) is 0 Å². The van der Waals surface area contributed by atoms with Gasteiger partial charge in [-0.25, -0.2) is 0 Å². The maximum Gasteiger partial charge on any atom is 0.307 e. The zero-order valence-corrected chi connectivity index (χ0v) is 12.4. The lowest BCUT2D eigenvalue weighted by molar-refractivity contribution is -0.385. The van der Waals surface area contributed by atoms with Crippen molar-refractivity contribution >= 4 is 5.69 Å². The average molecular weight is 315 g/mol. The summed E-state index contributed by atoms with van der Waals surface area (Å²) in [5, 5.41) is 18.6. The molecule has 0 N–H and O–H groups in total. The Morgan fingerprint density at radius 3 is 2.70 bits per heavy atom. The Kier molecular flexibility index (Phi) is 3.75. The number of ether oxygens (including phenoxy) is 1. The number of aromatic nitrogens is 4. The Morgan fingerprint density at radius 2 is 2.09 bits per heavy atom. The number of hydrogen-bond acceptors (Lipinski definition) is 7. The minimum Gasteiger partial charge on any atom is -0.497 e. The number of rotatable bonds is 5. The van der Waals surface area contributed by atoms with Gasteiger partial charge in [-0.2, -0.15) is 10.1 Å². The summed E-state index contributed by atoms with van der Waals surface area (Å²) in [5.41, 5.74) is 0.686. The zero-order chi connectivity index (χ0) is 16.4. The summed E-state index contributed by atoms with van der Waals surface area (Å²) in [7, 11) is 1.59. The highest BCUT2D eigenvalue weighted by molar-refractivity contribution is 5.55. The second-order valence-electron chi connectivity index (χ2n) is 4.80. The van der Waals surface area contributed by atoms with Gasteiger partial charge in [-0.05, 0) is 31.2 Å².